The van der Waals surface area contributed by atoms with Crippen LogP contribution in [0.15, 0.2) is 24.3 Å². The van der Waals surface area contributed by atoms with Gasteiger partial charge in [0.25, 0.3) is 5.91 Å². The molecule has 0 atom stereocenters. The van der Waals surface area contributed by atoms with Gasteiger partial charge in [-0.2, -0.15) is 0 Å². The Balaban J connectivity index is 1.41. The number of nitrogens with zero attached hydrogens (tertiary/aromatic N) is 1. The third-order valence-electron chi connectivity index (χ3n) is 4.82. The van der Waals surface area contributed by atoms with Gasteiger partial charge in [-0.1, -0.05) is 12.1 Å². The van der Waals surface area contributed by atoms with E-state index in [4.69, 9.17) is 5.73 Å². The zero-order valence-corrected chi connectivity index (χ0v) is 14.0. The number of nitrogens with one attached hydrogen (secondary N) is 2. The molecule has 1 aliphatic carbocycles. The molecule has 1 saturated heterocycles. The maximum Gasteiger partial charge on any atom is 0.251 e. The minimum Gasteiger partial charge on any atom is -0.351 e. The van der Waals surface area contributed by atoms with Gasteiger partial charge in [-0.15, -0.1) is 0 Å². The highest BCUT2D eigenvalue weighted by atomic mass is 16.2. The van der Waals surface area contributed by atoms with Crippen molar-refractivity contribution in [3.63, 3.8) is 0 Å². The third kappa shape index (κ3) is 4.33. The van der Waals surface area contributed by atoms with E-state index in [9.17, 15) is 9.59 Å². The molecule has 2 amide bonds. The van der Waals surface area contributed by atoms with Crippen LogP contribution in [0.4, 0.5) is 0 Å². The lowest BCUT2D eigenvalue weighted by Gasteiger charge is -2.14. The van der Waals surface area contributed by atoms with Crippen LogP contribution < -0.4 is 16.4 Å². The number of carbonyl (C=O) groups is 2. The van der Waals surface area contributed by atoms with Gasteiger partial charge in [-0.3, -0.25) is 9.59 Å². The molecule has 6 nitrogen and oxygen atoms in total. The summed E-state index contributed by atoms with van der Waals surface area (Å²) >= 11 is 0. The molecule has 3 rings (SSSR count). The first-order chi connectivity index (χ1) is 11.6. The average Bonchev–Trinajstić information content (AvgIpc) is 3.13. The van der Waals surface area contributed by atoms with E-state index in [-0.39, 0.29) is 11.8 Å². The number of hydrogen-bond donors (Lipinski definition) is 3. The lowest BCUT2D eigenvalue weighted by atomic mass is 10.1. The van der Waals surface area contributed by atoms with Crippen LogP contribution in [0.25, 0.3) is 0 Å². The number of rotatable bonds is 7. The summed E-state index contributed by atoms with van der Waals surface area (Å²) in [6.45, 7) is 4.31. The van der Waals surface area contributed by atoms with E-state index in [0.717, 1.165) is 38.0 Å². The van der Waals surface area contributed by atoms with E-state index in [1.54, 1.807) is 12.1 Å². The van der Waals surface area contributed by atoms with Gasteiger partial charge in [0.15, 0.2) is 0 Å². The normalized spacial score (nSPS) is 19.0. The van der Waals surface area contributed by atoms with E-state index in [1.807, 2.05) is 12.1 Å². The van der Waals surface area contributed by atoms with Crippen molar-refractivity contribution in [2.24, 2.45) is 5.73 Å². The van der Waals surface area contributed by atoms with Crippen LogP contribution in [0.5, 0.6) is 0 Å². The number of likely N-dealkylation sites (tertiary alicyclic amines) is 1. The Labute approximate surface area is 142 Å². The second-order valence-corrected chi connectivity index (χ2v) is 6.84. The van der Waals surface area contributed by atoms with Gasteiger partial charge >= 0.3 is 0 Å². The van der Waals surface area contributed by atoms with Crippen LogP contribution in [0.2, 0.25) is 0 Å². The molecule has 2 fully saturated rings. The van der Waals surface area contributed by atoms with Crippen LogP contribution in [-0.4, -0.2) is 48.4 Å². The number of hydrogen-bond acceptors (Lipinski definition) is 4. The van der Waals surface area contributed by atoms with Crippen molar-refractivity contribution in [2.45, 2.75) is 37.8 Å². The summed E-state index contributed by atoms with van der Waals surface area (Å²) in [5.74, 6) is -0.144. The zero-order valence-electron chi connectivity index (χ0n) is 14.0. The summed E-state index contributed by atoms with van der Waals surface area (Å²) in [6.07, 6.45) is 4.04. The summed E-state index contributed by atoms with van der Waals surface area (Å²) in [5.41, 5.74) is 6.80. The lowest BCUT2D eigenvalue weighted by molar-refractivity contribution is -0.123. The molecule has 1 aromatic rings. The molecule has 1 heterocycles. The zero-order chi connectivity index (χ0) is 17.0. The van der Waals surface area contributed by atoms with Gasteiger partial charge in [0.2, 0.25) is 5.91 Å². The molecule has 1 aliphatic heterocycles. The Bertz CT molecular complexity index is 590. The van der Waals surface area contributed by atoms with E-state index < -0.39 is 5.54 Å². The van der Waals surface area contributed by atoms with Crippen molar-refractivity contribution in [3.8, 4) is 0 Å². The Kier molecular flexibility index (Phi) is 5.16. The van der Waals surface area contributed by atoms with Gasteiger partial charge in [-0.25, -0.2) is 0 Å². The van der Waals surface area contributed by atoms with Crippen molar-refractivity contribution in [3.05, 3.63) is 35.4 Å². The van der Waals surface area contributed by atoms with E-state index in [0.29, 0.717) is 18.7 Å². The van der Waals surface area contributed by atoms with Crippen LogP contribution >= 0.6 is 0 Å². The van der Waals surface area contributed by atoms with Crippen molar-refractivity contribution >= 4 is 11.8 Å². The quantitative estimate of drug-likeness (QED) is 0.684. The maximum absolute atomic E-state index is 12.1. The minimum atomic E-state index is -0.644. The molecule has 0 spiro atoms. The van der Waals surface area contributed by atoms with Crippen LogP contribution in [0.3, 0.4) is 0 Å². The predicted octanol–water partition coefficient (Wildman–Crippen LogP) is 0.620. The van der Waals surface area contributed by atoms with Crippen molar-refractivity contribution in [1.29, 1.82) is 0 Å². The largest absolute Gasteiger partial charge is 0.351 e. The fraction of sp³-hybridized carbons (Fsp3) is 0.556. The summed E-state index contributed by atoms with van der Waals surface area (Å²) in [6, 6.07) is 7.32. The molecule has 4 N–H and O–H groups in total. The molecule has 0 unspecified atom stereocenters. The molecule has 1 saturated carbocycles. The Morgan fingerprint density at radius 1 is 1.08 bits per heavy atom. The molecular weight excluding hydrogens is 304 g/mol. The minimum absolute atomic E-state index is 0.0522. The second kappa shape index (κ2) is 7.32. The van der Waals surface area contributed by atoms with Gasteiger partial charge in [-0.05, 0) is 56.5 Å². The van der Waals surface area contributed by atoms with E-state index >= 15 is 0 Å². The van der Waals surface area contributed by atoms with Crippen LogP contribution in [0.1, 0.15) is 41.6 Å². The third-order valence-corrected chi connectivity index (χ3v) is 4.82. The molecule has 130 valence electrons. The topological polar surface area (TPSA) is 87.5 Å². The maximum atomic E-state index is 12.1. The van der Waals surface area contributed by atoms with Gasteiger partial charge in [0.1, 0.15) is 0 Å². The number of nitrogens with two attached hydrogens (primary N) is 1. The van der Waals surface area contributed by atoms with E-state index in [2.05, 4.69) is 15.5 Å². The second-order valence-electron chi connectivity index (χ2n) is 6.84. The number of amides is 2. The predicted molar refractivity (Wildman–Crippen MR) is 92.4 cm³/mol. The first kappa shape index (κ1) is 16.9. The first-order valence-corrected chi connectivity index (χ1v) is 8.73. The Hall–Kier alpha value is -1.92. The SMILES string of the molecule is NC1(C(=O)NCc2ccc(C(=O)NCCN3CCCC3)cc2)CC1. The average molecular weight is 330 g/mol. The molecule has 0 aromatic heterocycles. The molecule has 0 bridgehead atoms. The highest BCUT2D eigenvalue weighted by Gasteiger charge is 2.45. The molecule has 24 heavy (non-hydrogen) atoms. The fourth-order valence-electron chi connectivity index (χ4n) is 2.93. The number of carbonyl (C=O) groups excluding carboxylic acids is 2. The van der Waals surface area contributed by atoms with Gasteiger partial charge in [0.05, 0.1) is 5.54 Å². The van der Waals surface area contributed by atoms with Crippen molar-refractivity contribution < 1.29 is 9.59 Å². The molecular formula is C18H26N4O2. The van der Waals surface area contributed by atoms with Gasteiger partial charge < -0.3 is 21.3 Å². The number of benzene rings is 1. The smallest absolute Gasteiger partial charge is 0.251 e. The van der Waals surface area contributed by atoms with Crippen molar-refractivity contribution in [2.75, 3.05) is 26.2 Å². The van der Waals surface area contributed by atoms with Crippen LogP contribution in [0, 0.1) is 0 Å². The van der Waals surface area contributed by atoms with Crippen molar-refractivity contribution in [1.82, 2.24) is 15.5 Å². The lowest BCUT2D eigenvalue weighted by Crippen LogP contribution is -2.42. The summed E-state index contributed by atoms with van der Waals surface area (Å²) in [5, 5.41) is 5.80. The summed E-state index contributed by atoms with van der Waals surface area (Å²) in [4.78, 5) is 26.3. The monoisotopic (exact) mass is 330 g/mol. The molecule has 2 aliphatic rings. The highest BCUT2D eigenvalue weighted by Crippen LogP contribution is 2.32. The fourth-order valence-corrected chi connectivity index (χ4v) is 2.93. The Morgan fingerprint density at radius 3 is 2.38 bits per heavy atom. The first-order valence-electron chi connectivity index (χ1n) is 8.73. The van der Waals surface area contributed by atoms with Crippen LogP contribution in [-0.2, 0) is 11.3 Å². The summed E-state index contributed by atoms with van der Waals surface area (Å²) in [7, 11) is 0. The summed E-state index contributed by atoms with van der Waals surface area (Å²) < 4.78 is 0. The molecule has 6 heteroatoms. The molecule has 1 aromatic carbocycles. The standard InChI is InChI=1S/C18H26N4O2/c19-18(7-8-18)17(24)21-13-14-3-5-15(6-4-14)16(23)20-9-12-22-10-1-2-11-22/h3-6H,1-2,7-13,19H2,(H,20,23)(H,21,24). The highest BCUT2D eigenvalue weighted by molar-refractivity contribution is 5.94. The molecule has 0 radical (unpaired) electrons. The van der Waals surface area contributed by atoms with Gasteiger partial charge in [0, 0.05) is 25.2 Å². The van der Waals surface area contributed by atoms with E-state index in [1.165, 1.54) is 12.8 Å². The Morgan fingerprint density at radius 2 is 1.75 bits per heavy atom.